The highest BCUT2D eigenvalue weighted by Gasteiger charge is 2.21. The Balaban J connectivity index is 1.87. The first-order valence-electron chi connectivity index (χ1n) is 6.32. The second-order valence-electron chi connectivity index (χ2n) is 4.65. The number of rotatable bonds is 2. The highest BCUT2D eigenvalue weighted by molar-refractivity contribution is 5.57. The van der Waals surface area contributed by atoms with Crippen LogP contribution in [-0.2, 0) is 0 Å². The van der Waals surface area contributed by atoms with Gasteiger partial charge in [0.1, 0.15) is 0 Å². The minimum absolute atomic E-state index is 0.210. The summed E-state index contributed by atoms with van der Waals surface area (Å²) >= 11 is 0. The van der Waals surface area contributed by atoms with E-state index < -0.39 is 0 Å². The molecule has 5 nitrogen and oxygen atoms in total. The zero-order valence-corrected chi connectivity index (χ0v) is 10.4. The lowest BCUT2D eigenvalue weighted by atomic mass is 10.1. The monoisotopic (exact) mass is 244 g/mol. The molecule has 1 aliphatic heterocycles. The zero-order chi connectivity index (χ0) is 12.4. The zero-order valence-electron chi connectivity index (χ0n) is 10.4. The molecule has 5 heteroatoms. The second-order valence-corrected chi connectivity index (χ2v) is 4.65. The number of piperidine rings is 1. The molecular weight excluding hydrogens is 228 g/mol. The molecule has 2 aromatic rings. The van der Waals surface area contributed by atoms with Crippen LogP contribution >= 0.6 is 0 Å². The predicted molar refractivity (Wildman–Crippen MR) is 66.9 cm³/mol. The van der Waals surface area contributed by atoms with E-state index in [-0.39, 0.29) is 6.04 Å². The molecule has 0 spiro atoms. The van der Waals surface area contributed by atoms with Crippen molar-refractivity contribution in [3.05, 3.63) is 29.9 Å². The molecule has 0 radical (unpaired) electrons. The van der Waals surface area contributed by atoms with Gasteiger partial charge in [0.15, 0.2) is 0 Å². The lowest BCUT2D eigenvalue weighted by Crippen LogP contribution is -2.26. The van der Waals surface area contributed by atoms with Crippen LogP contribution in [-0.4, -0.2) is 21.7 Å². The van der Waals surface area contributed by atoms with Crippen LogP contribution in [0.15, 0.2) is 23.0 Å². The molecule has 3 heterocycles. The topological polar surface area (TPSA) is 63.8 Å². The van der Waals surface area contributed by atoms with Gasteiger partial charge in [-0.2, -0.15) is 4.98 Å². The Kier molecular flexibility index (Phi) is 3.06. The fraction of sp³-hybridized carbons (Fsp3) is 0.462. The highest BCUT2D eigenvalue weighted by Crippen LogP contribution is 2.25. The van der Waals surface area contributed by atoms with E-state index in [9.17, 15) is 0 Å². The van der Waals surface area contributed by atoms with Gasteiger partial charge in [-0.3, -0.25) is 4.98 Å². The van der Waals surface area contributed by atoms with Gasteiger partial charge < -0.3 is 9.84 Å². The highest BCUT2D eigenvalue weighted by atomic mass is 16.5. The Morgan fingerprint density at radius 2 is 2.33 bits per heavy atom. The third-order valence-electron chi connectivity index (χ3n) is 3.31. The normalized spacial score (nSPS) is 19.9. The molecule has 0 unspecified atom stereocenters. The largest absolute Gasteiger partial charge is 0.337 e. The van der Waals surface area contributed by atoms with Crippen molar-refractivity contribution in [2.75, 3.05) is 6.54 Å². The Bertz CT molecular complexity index is 531. The van der Waals surface area contributed by atoms with Crippen LogP contribution in [0.5, 0.6) is 0 Å². The van der Waals surface area contributed by atoms with Gasteiger partial charge >= 0.3 is 0 Å². The summed E-state index contributed by atoms with van der Waals surface area (Å²) in [6.45, 7) is 3.02. The number of nitrogens with zero attached hydrogens (tertiary/aromatic N) is 3. The fourth-order valence-corrected chi connectivity index (χ4v) is 2.27. The first kappa shape index (κ1) is 11.3. The minimum Gasteiger partial charge on any atom is -0.337 e. The summed E-state index contributed by atoms with van der Waals surface area (Å²) in [7, 11) is 0. The predicted octanol–water partition coefficient (Wildman–Crippen LogP) is 2.25. The van der Waals surface area contributed by atoms with Crippen LogP contribution in [0.3, 0.4) is 0 Å². The summed E-state index contributed by atoms with van der Waals surface area (Å²) in [5, 5.41) is 7.47. The third kappa shape index (κ3) is 2.13. The molecule has 1 aliphatic rings. The van der Waals surface area contributed by atoms with E-state index >= 15 is 0 Å². The molecule has 0 bridgehead atoms. The summed E-state index contributed by atoms with van der Waals surface area (Å²) in [4.78, 5) is 8.57. The van der Waals surface area contributed by atoms with Crippen molar-refractivity contribution in [2.24, 2.45) is 0 Å². The summed E-state index contributed by atoms with van der Waals surface area (Å²) < 4.78 is 5.37. The van der Waals surface area contributed by atoms with Crippen molar-refractivity contribution in [3.63, 3.8) is 0 Å². The molecule has 1 atom stereocenters. The number of aryl methyl sites for hydroxylation is 1. The van der Waals surface area contributed by atoms with Gasteiger partial charge in [-0.25, -0.2) is 0 Å². The van der Waals surface area contributed by atoms with Gasteiger partial charge in [0.2, 0.25) is 11.7 Å². The molecular formula is C13H16N4O. The number of nitrogens with one attached hydrogen (secondary N) is 1. The van der Waals surface area contributed by atoms with Gasteiger partial charge in [0.25, 0.3) is 0 Å². The van der Waals surface area contributed by atoms with Crippen molar-refractivity contribution in [1.29, 1.82) is 0 Å². The summed E-state index contributed by atoms with van der Waals surface area (Å²) in [5.41, 5.74) is 2.04. The summed E-state index contributed by atoms with van der Waals surface area (Å²) in [6, 6.07) is 2.13. The van der Waals surface area contributed by atoms with E-state index in [1.165, 1.54) is 12.8 Å². The van der Waals surface area contributed by atoms with E-state index in [0.717, 1.165) is 24.1 Å². The van der Waals surface area contributed by atoms with Crippen LogP contribution in [0.25, 0.3) is 11.4 Å². The van der Waals surface area contributed by atoms with Gasteiger partial charge in [0.05, 0.1) is 6.04 Å². The van der Waals surface area contributed by atoms with Crippen molar-refractivity contribution in [2.45, 2.75) is 32.2 Å². The average molecular weight is 244 g/mol. The molecule has 0 amide bonds. The maximum Gasteiger partial charge on any atom is 0.244 e. The molecule has 1 saturated heterocycles. The quantitative estimate of drug-likeness (QED) is 0.877. The minimum atomic E-state index is 0.210. The molecule has 18 heavy (non-hydrogen) atoms. The van der Waals surface area contributed by atoms with Crippen molar-refractivity contribution >= 4 is 0 Å². The first-order chi connectivity index (χ1) is 8.84. The van der Waals surface area contributed by atoms with Crippen LogP contribution in [0.1, 0.15) is 36.8 Å². The van der Waals surface area contributed by atoms with Crippen LogP contribution in [0.4, 0.5) is 0 Å². The molecule has 1 fully saturated rings. The standard InChI is InChI=1S/C13H16N4O/c1-9-8-14-7-5-10(9)12-16-13(18-17-12)11-4-2-3-6-15-11/h5,7-8,11,15H,2-4,6H2,1H3/t11-/m0/s1. The lowest BCUT2D eigenvalue weighted by molar-refractivity contribution is 0.297. The smallest absolute Gasteiger partial charge is 0.244 e. The van der Waals surface area contributed by atoms with Crippen LogP contribution in [0.2, 0.25) is 0 Å². The van der Waals surface area contributed by atoms with E-state index in [2.05, 4.69) is 20.4 Å². The van der Waals surface area contributed by atoms with Gasteiger partial charge in [-0.05, 0) is 37.9 Å². The first-order valence-corrected chi connectivity index (χ1v) is 6.32. The van der Waals surface area contributed by atoms with Gasteiger partial charge in [0, 0.05) is 18.0 Å². The maximum atomic E-state index is 5.37. The molecule has 3 rings (SSSR count). The number of hydrogen-bond acceptors (Lipinski definition) is 5. The van der Waals surface area contributed by atoms with E-state index in [1.54, 1.807) is 6.20 Å². The number of hydrogen-bond donors (Lipinski definition) is 1. The lowest BCUT2D eigenvalue weighted by Gasteiger charge is -2.19. The SMILES string of the molecule is Cc1cnccc1-c1noc([C@@H]2CCCCN2)n1. The Morgan fingerprint density at radius 1 is 1.39 bits per heavy atom. The van der Waals surface area contributed by atoms with Crippen LogP contribution in [0, 0.1) is 6.92 Å². The third-order valence-corrected chi connectivity index (χ3v) is 3.31. The molecule has 94 valence electrons. The number of pyridine rings is 1. The fourth-order valence-electron chi connectivity index (χ4n) is 2.27. The van der Waals surface area contributed by atoms with Crippen molar-refractivity contribution in [3.8, 4) is 11.4 Å². The van der Waals surface area contributed by atoms with Crippen LogP contribution < -0.4 is 5.32 Å². The Hall–Kier alpha value is -1.75. The molecule has 0 saturated carbocycles. The Morgan fingerprint density at radius 3 is 3.11 bits per heavy atom. The summed E-state index contributed by atoms with van der Waals surface area (Å²) in [6.07, 6.45) is 7.06. The van der Waals surface area contributed by atoms with Crippen molar-refractivity contribution < 1.29 is 4.52 Å². The second kappa shape index (κ2) is 4.86. The average Bonchev–Trinajstić information content (AvgIpc) is 2.90. The molecule has 1 N–H and O–H groups in total. The van der Waals surface area contributed by atoms with Gasteiger partial charge in [-0.15, -0.1) is 0 Å². The Labute approximate surface area is 106 Å². The van der Waals surface area contributed by atoms with E-state index in [0.29, 0.717) is 11.7 Å². The van der Waals surface area contributed by atoms with E-state index in [4.69, 9.17) is 4.52 Å². The molecule has 2 aromatic heterocycles. The van der Waals surface area contributed by atoms with Gasteiger partial charge in [-0.1, -0.05) is 11.6 Å². The maximum absolute atomic E-state index is 5.37. The summed E-state index contributed by atoms with van der Waals surface area (Å²) in [5.74, 6) is 1.35. The molecule has 0 aromatic carbocycles. The molecule has 0 aliphatic carbocycles. The van der Waals surface area contributed by atoms with E-state index in [1.807, 2.05) is 19.2 Å². The number of aromatic nitrogens is 3. The van der Waals surface area contributed by atoms with Crippen molar-refractivity contribution in [1.82, 2.24) is 20.4 Å².